The fraction of sp³-hybridized carbons (Fsp3) is 0.500. The average Bonchev–Trinajstić information content (AvgIpc) is 3.14. The Labute approximate surface area is 338 Å². The first-order chi connectivity index (χ1) is 27.1. The van der Waals surface area contributed by atoms with Crippen molar-refractivity contribution in [1.29, 1.82) is 0 Å². The minimum atomic E-state index is -1.49. The zero-order chi connectivity index (χ0) is 43.9. The molecule has 0 aromatic heterocycles. The van der Waals surface area contributed by atoms with Crippen molar-refractivity contribution in [2.24, 2.45) is 23.3 Å². The first kappa shape index (κ1) is 48.1. The van der Waals surface area contributed by atoms with Crippen molar-refractivity contribution in [2.75, 3.05) is 6.54 Å². The van der Waals surface area contributed by atoms with Crippen molar-refractivity contribution in [3.63, 3.8) is 0 Å². The summed E-state index contributed by atoms with van der Waals surface area (Å²) in [6.07, 6.45) is -0.869. The highest BCUT2D eigenvalue weighted by Crippen LogP contribution is 2.22. The van der Waals surface area contributed by atoms with E-state index in [1.807, 2.05) is 0 Å². The molecule has 2 rings (SSSR count). The standard InChI is InChI=1S/C40H58N8O10/c1-20(2)33(39(57)43-19-31(42)50)48-40(58)34(21(3)4)47-37(55)29(13-14-32(51)52)45-38(56)30(17-25-11-9-8-10-12-25)46-35(53)24(7)44-36(54)28(41)18-27-22(5)15-26(49)16-23(27)6/h8-12,15-16,20-21,24,28-30,33-34,49H,13-14,17-19,41H2,1-7H3,(H2,42,50)(H,43,57)(H,44,54)(H,45,56)(H,46,53)(H,47,55)(H,48,58)(H,51,52)/t24-,28+,29+,30+,33+,34+/m1/s1. The van der Waals surface area contributed by atoms with Gasteiger partial charge in [0.15, 0.2) is 0 Å². The van der Waals surface area contributed by atoms with E-state index in [9.17, 15) is 48.6 Å². The molecule has 0 saturated carbocycles. The van der Waals surface area contributed by atoms with Crippen molar-refractivity contribution in [1.82, 2.24) is 31.9 Å². The summed E-state index contributed by atoms with van der Waals surface area (Å²) in [5.74, 6) is -7.54. The largest absolute Gasteiger partial charge is 0.508 e. The zero-order valence-electron chi connectivity index (χ0n) is 34.0. The lowest BCUT2D eigenvalue weighted by molar-refractivity contribution is -0.139. The van der Waals surface area contributed by atoms with Crippen LogP contribution in [0.25, 0.3) is 0 Å². The molecule has 0 fully saturated rings. The number of phenols is 1. The molecule has 18 heteroatoms. The molecule has 0 radical (unpaired) electrons. The summed E-state index contributed by atoms with van der Waals surface area (Å²) in [4.78, 5) is 103. The molecule has 0 heterocycles. The second-order valence-corrected chi connectivity index (χ2v) is 15.0. The van der Waals surface area contributed by atoms with Gasteiger partial charge in [-0.1, -0.05) is 58.0 Å². The number of phenolic OH excluding ortho intramolecular Hbond substituents is 1. The molecule has 2 aromatic carbocycles. The average molecular weight is 811 g/mol. The van der Waals surface area contributed by atoms with E-state index in [1.54, 1.807) is 84.0 Å². The normalized spacial score (nSPS) is 14.2. The molecular formula is C40H58N8O10. The van der Waals surface area contributed by atoms with E-state index in [4.69, 9.17) is 11.5 Å². The third-order valence-electron chi connectivity index (χ3n) is 9.32. The summed E-state index contributed by atoms with van der Waals surface area (Å²) in [6, 6.07) is 4.33. The lowest BCUT2D eigenvalue weighted by atomic mass is 9.96. The van der Waals surface area contributed by atoms with Crippen molar-refractivity contribution < 1.29 is 48.6 Å². The maximum Gasteiger partial charge on any atom is 0.303 e. The Morgan fingerprint density at radius 1 is 0.655 bits per heavy atom. The minimum Gasteiger partial charge on any atom is -0.508 e. The van der Waals surface area contributed by atoms with E-state index in [2.05, 4.69) is 31.9 Å². The second-order valence-electron chi connectivity index (χ2n) is 15.0. The number of carboxylic acid groups (broad SMARTS) is 1. The topological polar surface area (TPSA) is 301 Å². The van der Waals surface area contributed by atoms with E-state index in [-0.39, 0.29) is 25.0 Å². The molecule has 0 aliphatic heterocycles. The van der Waals surface area contributed by atoms with E-state index < -0.39 is 108 Å². The van der Waals surface area contributed by atoms with Crippen LogP contribution in [-0.4, -0.2) is 100 Å². The van der Waals surface area contributed by atoms with Crippen LogP contribution in [0.3, 0.4) is 0 Å². The number of nitrogens with one attached hydrogen (secondary N) is 6. The van der Waals surface area contributed by atoms with Crippen LogP contribution in [-0.2, 0) is 51.2 Å². The Balaban J connectivity index is 2.28. The van der Waals surface area contributed by atoms with E-state index in [0.29, 0.717) is 5.56 Å². The number of carbonyl (C=O) groups is 8. The molecule has 7 amide bonds. The fourth-order valence-electron chi connectivity index (χ4n) is 6.01. The van der Waals surface area contributed by atoms with Crippen LogP contribution in [0.2, 0.25) is 0 Å². The third kappa shape index (κ3) is 15.5. The van der Waals surface area contributed by atoms with Gasteiger partial charge >= 0.3 is 5.97 Å². The molecular weight excluding hydrogens is 752 g/mol. The Morgan fingerprint density at radius 3 is 1.71 bits per heavy atom. The van der Waals surface area contributed by atoms with Gasteiger partial charge in [-0.15, -0.1) is 0 Å². The molecule has 318 valence electrons. The molecule has 0 saturated heterocycles. The summed E-state index contributed by atoms with van der Waals surface area (Å²) in [6.45, 7) is 11.1. The zero-order valence-corrected chi connectivity index (χ0v) is 34.0. The number of rotatable bonds is 22. The number of nitrogens with two attached hydrogens (primary N) is 2. The number of benzene rings is 2. The predicted octanol–water partition coefficient (Wildman–Crippen LogP) is -0.656. The molecule has 18 nitrogen and oxygen atoms in total. The summed E-state index contributed by atoms with van der Waals surface area (Å²) in [7, 11) is 0. The van der Waals surface area contributed by atoms with Gasteiger partial charge in [-0.25, -0.2) is 0 Å². The van der Waals surface area contributed by atoms with Crippen LogP contribution in [0, 0.1) is 25.7 Å². The number of hydrogen-bond donors (Lipinski definition) is 10. The highest BCUT2D eigenvalue weighted by molar-refractivity contribution is 5.97. The first-order valence-corrected chi connectivity index (χ1v) is 19.0. The van der Waals surface area contributed by atoms with Gasteiger partial charge in [0.2, 0.25) is 41.4 Å². The number of primary amides is 1. The lowest BCUT2D eigenvalue weighted by Gasteiger charge is -2.29. The van der Waals surface area contributed by atoms with Crippen molar-refractivity contribution in [3.05, 3.63) is 64.7 Å². The number of aromatic hydroxyl groups is 1. The van der Waals surface area contributed by atoms with Crippen LogP contribution in [0.4, 0.5) is 0 Å². The molecule has 0 aliphatic rings. The van der Waals surface area contributed by atoms with Gasteiger partial charge in [0, 0.05) is 12.8 Å². The molecule has 0 bridgehead atoms. The quantitative estimate of drug-likeness (QED) is 0.0712. The lowest BCUT2D eigenvalue weighted by Crippen LogP contribution is -2.61. The highest BCUT2D eigenvalue weighted by Gasteiger charge is 2.34. The van der Waals surface area contributed by atoms with Crippen LogP contribution < -0.4 is 43.4 Å². The number of hydrogen-bond acceptors (Lipinski definition) is 10. The maximum absolute atomic E-state index is 13.9. The van der Waals surface area contributed by atoms with Crippen LogP contribution in [0.15, 0.2) is 42.5 Å². The molecule has 6 atom stereocenters. The number of carboxylic acids is 1. The van der Waals surface area contributed by atoms with Gasteiger partial charge in [0.25, 0.3) is 0 Å². The summed E-state index contributed by atoms with van der Waals surface area (Å²) in [5.41, 5.74) is 14.2. The Kier molecular flexibility index (Phi) is 18.8. The highest BCUT2D eigenvalue weighted by atomic mass is 16.4. The van der Waals surface area contributed by atoms with E-state index in [0.717, 1.165) is 16.7 Å². The van der Waals surface area contributed by atoms with Gasteiger partial charge in [-0.05, 0) is 79.8 Å². The first-order valence-electron chi connectivity index (χ1n) is 19.0. The monoisotopic (exact) mass is 810 g/mol. The molecule has 0 aliphatic carbocycles. The Bertz CT molecular complexity index is 1780. The summed E-state index contributed by atoms with van der Waals surface area (Å²) in [5, 5.41) is 34.5. The maximum atomic E-state index is 13.9. The molecule has 2 aromatic rings. The third-order valence-corrected chi connectivity index (χ3v) is 9.32. The Morgan fingerprint density at radius 2 is 1.17 bits per heavy atom. The van der Waals surface area contributed by atoms with E-state index in [1.165, 1.54) is 6.92 Å². The summed E-state index contributed by atoms with van der Waals surface area (Å²) < 4.78 is 0. The predicted molar refractivity (Wildman–Crippen MR) is 213 cm³/mol. The van der Waals surface area contributed by atoms with Gasteiger partial charge in [0.1, 0.15) is 36.0 Å². The summed E-state index contributed by atoms with van der Waals surface area (Å²) >= 11 is 0. The number of aryl methyl sites for hydroxylation is 2. The molecule has 58 heavy (non-hydrogen) atoms. The van der Waals surface area contributed by atoms with Crippen molar-refractivity contribution in [3.8, 4) is 5.75 Å². The van der Waals surface area contributed by atoms with Gasteiger partial charge in [0.05, 0.1) is 12.6 Å². The molecule has 0 unspecified atom stereocenters. The van der Waals surface area contributed by atoms with Gasteiger partial charge in [-0.2, -0.15) is 0 Å². The number of amides is 7. The van der Waals surface area contributed by atoms with Crippen LogP contribution >= 0.6 is 0 Å². The van der Waals surface area contributed by atoms with Crippen LogP contribution in [0.1, 0.15) is 69.7 Å². The smallest absolute Gasteiger partial charge is 0.303 e. The number of carbonyl (C=O) groups excluding carboxylic acids is 7. The molecule has 0 spiro atoms. The van der Waals surface area contributed by atoms with Crippen molar-refractivity contribution >= 4 is 47.3 Å². The molecule has 12 N–H and O–H groups in total. The number of aliphatic carboxylic acids is 1. The minimum absolute atomic E-state index is 0.0588. The van der Waals surface area contributed by atoms with Gasteiger partial charge < -0.3 is 53.6 Å². The van der Waals surface area contributed by atoms with Crippen LogP contribution in [0.5, 0.6) is 5.75 Å². The van der Waals surface area contributed by atoms with Crippen molar-refractivity contribution in [2.45, 2.75) is 110 Å². The van der Waals surface area contributed by atoms with E-state index >= 15 is 0 Å². The second kappa shape index (κ2) is 22.6. The SMILES string of the molecule is Cc1cc(O)cc(C)c1C[C@H](N)C(=O)N[C@H](C)C(=O)N[C@@H](Cc1ccccc1)C(=O)N[C@@H](CCC(=O)O)C(=O)N[C@H](C(=O)N[C@H](C(=O)NCC(N)=O)C(C)C)C(C)C. The fourth-order valence-corrected chi connectivity index (χ4v) is 6.01. The Hall–Kier alpha value is -6.04. The van der Waals surface area contributed by atoms with Gasteiger partial charge in [-0.3, -0.25) is 38.4 Å².